The van der Waals surface area contributed by atoms with Crippen molar-refractivity contribution in [2.75, 3.05) is 13.1 Å². The van der Waals surface area contributed by atoms with E-state index in [1.165, 1.54) is 24.1 Å². The van der Waals surface area contributed by atoms with Crippen LogP contribution in [0, 0.1) is 11.3 Å². The molecule has 20 heavy (non-hydrogen) atoms. The van der Waals surface area contributed by atoms with Crippen LogP contribution in [0.1, 0.15) is 35.6 Å². The Morgan fingerprint density at radius 3 is 2.90 bits per heavy atom. The van der Waals surface area contributed by atoms with E-state index in [4.69, 9.17) is 5.26 Å². The predicted octanol–water partition coefficient (Wildman–Crippen LogP) is 2.27. The zero-order chi connectivity index (χ0) is 13.8. The predicted molar refractivity (Wildman–Crippen MR) is 77.3 cm³/mol. The lowest BCUT2D eigenvalue weighted by Gasteiger charge is -2.23. The number of imidazole rings is 1. The molecule has 2 heterocycles. The summed E-state index contributed by atoms with van der Waals surface area (Å²) < 4.78 is 2.22. The summed E-state index contributed by atoms with van der Waals surface area (Å²) in [7, 11) is 0. The fourth-order valence-corrected chi connectivity index (χ4v) is 2.79. The molecule has 1 aromatic carbocycles. The van der Waals surface area contributed by atoms with Crippen LogP contribution in [0.25, 0.3) is 0 Å². The smallest absolute Gasteiger partial charge is 0.0991 e. The number of rotatable bonds is 3. The lowest BCUT2D eigenvalue weighted by molar-refractivity contribution is 0.444. The Morgan fingerprint density at radius 2 is 2.20 bits per heavy atom. The summed E-state index contributed by atoms with van der Waals surface area (Å²) in [6, 6.07) is 9.92. The lowest BCUT2D eigenvalue weighted by atomic mass is 9.96. The van der Waals surface area contributed by atoms with Gasteiger partial charge in [-0.1, -0.05) is 12.1 Å². The van der Waals surface area contributed by atoms with Crippen molar-refractivity contribution in [2.45, 2.75) is 25.3 Å². The highest BCUT2D eigenvalue weighted by atomic mass is 15.1. The maximum absolute atomic E-state index is 8.83. The largest absolute Gasteiger partial charge is 0.330 e. The molecule has 0 amide bonds. The number of nitrogens with zero attached hydrogens (tertiary/aromatic N) is 3. The van der Waals surface area contributed by atoms with Gasteiger partial charge in [-0.3, -0.25) is 0 Å². The van der Waals surface area contributed by atoms with Crippen molar-refractivity contribution in [3.8, 4) is 6.07 Å². The van der Waals surface area contributed by atoms with Gasteiger partial charge in [-0.05, 0) is 37.1 Å². The maximum atomic E-state index is 8.83. The van der Waals surface area contributed by atoms with E-state index in [0.29, 0.717) is 11.5 Å². The van der Waals surface area contributed by atoms with E-state index >= 15 is 0 Å². The standard InChI is InChI=1S/C16H18N4/c17-8-13-3-5-14(6-4-13)11-20-12-19-10-16(20)15-2-1-7-18-9-15/h3-6,10,12,15,18H,1-2,7,9,11H2. The van der Waals surface area contributed by atoms with E-state index in [0.717, 1.165) is 19.6 Å². The number of benzene rings is 1. The highest BCUT2D eigenvalue weighted by Gasteiger charge is 2.18. The molecule has 1 unspecified atom stereocenters. The zero-order valence-corrected chi connectivity index (χ0v) is 11.4. The molecule has 0 radical (unpaired) electrons. The first kappa shape index (κ1) is 12.9. The van der Waals surface area contributed by atoms with Crippen molar-refractivity contribution in [1.82, 2.24) is 14.9 Å². The van der Waals surface area contributed by atoms with Gasteiger partial charge in [-0.25, -0.2) is 4.98 Å². The van der Waals surface area contributed by atoms with Gasteiger partial charge in [0.15, 0.2) is 0 Å². The monoisotopic (exact) mass is 266 g/mol. The molecule has 0 aliphatic carbocycles. The molecule has 1 aliphatic rings. The molecule has 102 valence electrons. The van der Waals surface area contributed by atoms with Crippen LogP contribution in [0.3, 0.4) is 0 Å². The number of piperidine rings is 1. The van der Waals surface area contributed by atoms with E-state index in [2.05, 4.69) is 20.9 Å². The SMILES string of the molecule is N#Cc1ccc(Cn2cncc2C2CCCNC2)cc1. The molecule has 1 atom stereocenters. The van der Waals surface area contributed by atoms with Crippen LogP contribution in [0.2, 0.25) is 0 Å². The van der Waals surface area contributed by atoms with Gasteiger partial charge in [-0.2, -0.15) is 5.26 Å². The van der Waals surface area contributed by atoms with Crippen molar-refractivity contribution in [1.29, 1.82) is 5.26 Å². The molecule has 1 fully saturated rings. The molecule has 2 aromatic rings. The average Bonchev–Trinajstić information content (AvgIpc) is 2.97. The van der Waals surface area contributed by atoms with E-state index in [9.17, 15) is 0 Å². The Balaban J connectivity index is 1.77. The lowest BCUT2D eigenvalue weighted by Crippen LogP contribution is -2.29. The molecule has 1 aliphatic heterocycles. The van der Waals surface area contributed by atoms with Crippen molar-refractivity contribution < 1.29 is 0 Å². The second-order valence-corrected chi connectivity index (χ2v) is 5.30. The maximum Gasteiger partial charge on any atom is 0.0991 e. The average molecular weight is 266 g/mol. The van der Waals surface area contributed by atoms with Crippen LogP contribution in [-0.2, 0) is 6.54 Å². The Bertz CT molecular complexity index is 600. The van der Waals surface area contributed by atoms with E-state index in [1.807, 2.05) is 36.8 Å². The van der Waals surface area contributed by atoms with Gasteiger partial charge in [0.25, 0.3) is 0 Å². The number of hydrogen-bond donors (Lipinski definition) is 1. The molecule has 3 rings (SSSR count). The first-order valence-electron chi connectivity index (χ1n) is 7.06. The zero-order valence-electron chi connectivity index (χ0n) is 11.4. The van der Waals surface area contributed by atoms with Crippen molar-refractivity contribution in [3.05, 3.63) is 53.6 Å². The highest BCUT2D eigenvalue weighted by molar-refractivity contribution is 5.31. The quantitative estimate of drug-likeness (QED) is 0.927. The molecule has 0 bridgehead atoms. The second-order valence-electron chi connectivity index (χ2n) is 5.30. The molecule has 1 aromatic heterocycles. The van der Waals surface area contributed by atoms with Gasteiger partial charge in [0.2, 0.25) is 0 Å². The number of nitrogens with one attached hydrogen (secondary N) is 1. The fraction of sp³-hybridized carbons (Fsp3) is 0.375. The van der Waals surface area contributed by atoms with Crippen LogP contribution in [-0.4, -0.2) is 22.6 Å². The van der Waals surface area contributed by atoms with Crippen LogP contribution >= 0.6 is 0 Å². The molecule has 4 nitrogen and oxygen atoms in total. The van der Waals surface area contributed by atoms with Crippen LogP contribution in [0.5, 0.6) is 0 Å². The Labute approximate surface area is 119 Å². The summed E-state index contributed by atoms with van der Waals surface area (Å²) in [6.07, 6.45) is 6.35. The van der Waals surface area contributed by atoms with Gasteiger partial charge < -0.3 is 9.88 Å². The third kappa shape index (κ3) is 2.73. The van der Waals surface area contributed by atoms with Crippen molar-refractivity contribution >= 4 is 0 Å². The first-order valence-corrected chi connectivity index (χ1v) is 7.06. The van der Waals surface area contributed by atoms with Gasteiger partial charge in [-0.15, -0.1) is 0 Å². The molecule has 0 spiro atoms. The Kier molecular flexibility index (Phi) is 3.80. The number of aromatic nitrogens is 2. The molecule has 1 N–H and O–H groups in total. The van der Waals surface area contributed by atoms with E-state index in [-0.39, 0.29) is 0 Å². The van der Waals surface area contributed by atoms with Crippen LogP contribution in [0.15, 0.2) is 36.8 Å². The van der Waals surface area contributed by atoms with Crippen molar-refractivity contribution in [3.63, 3.8) is 0 Å². The molecule has 0 saturated carbocycles. The number of nitriles is 1. The minimum Gasteiger partial charge on any atom is -0.330 e. The minimum atomic E-state index is 0.560. The summed E-state index contributed by atoms with van der Waals surface area (Å²) in [5.74, 6) is 0.560. The highest BCUT2D eigenvalue weighted by Crippen LogP contribution is 2.23. The summed E-state index contributed by atoms with van der Waals surface area (Å²) in [5.41, 5.74) is 3.21. The van der Waals surface area contributed by atoms with Gasteiger partial charge in [0.1, 0.15) is 0 Å². The van der Waals surface area contributed by atoms with Gasteiger partial charge >= 0.3 is 0 Å². The van der Waals surface area contributed by atoms with Crippen LogP contribution < -0.4 is 5.32 Å². The third-order valence-corrected chi connectivity index (χ3v) is 3.90. The summed E-state index contributed by atoms with van der Waals surface area (Å²) >= 11 is 0. The summed E-state index contributed by atoms with van der Waals surface area (Å²) in [4.78, 5) is 4.31. The van der Waals surface area contributed by atoms with E-state index < -0.39 is 0 Å². The topological polar surface area (TPSA) is 53.6 Å². The van der Waals surface area contributed by atoms with Gasteiger partial charge in [0.05, 0.1) is 18.0 Å². The van der Waals surface area contributed by atoms with Crippen molar-refractivity contribution in [2.24, 2.45) is 0 Å². The molecule has 1 saturated heterocycles. The third-order valence-electron chi connectivity index (χ3n) is 3.90. The molecular formula is C16H18N4. The Morgan fingerprint density at radius 1 is 1.35 bits per heavy atom. The minimum absolute atomic E-state index is 0.560. The van der Waals surface area contributed by atoms with Gasteiger partial charge in [0, 0.05) is 30.9 Å². The second kappa shape index (κ2) is 5.89. The van der Waals surface area contributed by atoms with Crippen LogP contribution in [0.4, 0.5) is 0 Å². The number of hydrogen-bond acceptors (Lipinski definition) is 3. The normalized spacial score (nSPS) is 18.6. The fourth-order valence-electron chi connectivity index (χ4n) is 2.79. The summed E-state index contributed by atoms with van der Waals surface area (Å²) in [5, 5.41) is 12.3. The first-order chi connectivity index (χ1) is 9.86. The molecular weight excluding hydrogens is 248 g/mol. The molecule has 4 heteroatoms. The summed E-state index contributed by atoms with van der Waals surface area (Å²) in [6.45, 7) is 2.98. The van der Waals surface area contributed by atoms with E-state index in [1.54, 1.807) is 0 Å². The Hall–Kier alpha value is -2.12.